The van der Waals surface area contributed by atoms with Crippen LogP contribution >= 0.6 is 31.9 Å². The molecule has 1 aromatic carbocycles. The van der Waals surface area contributed by atoms with Crippen LogP contribution in [0.4, 0.5) is 0 Å². The van der Waals surface area contributed by atoms with Crippen LogP contribution in [0.15, 0.2) is 33.7 Å². The summed E-state index contributed by atoms with van der Waals surface area (Å²) in [6.45, 7) is 6.28. The van der Waals surface area contributed by atoms with E-state index in [0.717, 1.165) is 21.1 Å². The summed E-state index contributed by atoms with van der Waals surface area (Å²) in [7, 11) is 0. The largest absolute Gasteiger partial charge is 0.484 e. The molecule has 1 atom stereocenters. The van der Waals surface area contributed by atoms with Crippen LogP contribution in [0.25, 0.3) is 0 Å². The third-order valence-electron chi connectivity index (χ3n) is 2.13. The Morgan fingerprint density at radius 1 is 1.44 bits per heavy atom. The molecule has 0 heterocycles. The van der Waals surface area contributed by atoms with E-state index in [0.29, 0.717) is 6.54 Å². The second-order valence-corrected chi connectivity index (χ2v) is 5.19. The van der Waals surface area contributed by atoms with Gasteiger partial charge in [-0.05, 0) is 69.4 Å². The number of nitrogens with two attached hydrogens (primary N) is 1. The predicted molar refractivity (Wildman–Crippen MR) is 74.9 cm³/mol. The maximum Gasteiger partial charge on any atom is 0.148 e. The molecule has 0 bridgehead atoms. The van der Waals surface area contributed by atoms with Crippen LogP contribution in [0.3, 0.4) is 0 Å². The van der Waals surface area contributed by atoms with Gasteiger partial charge in [0, 0.05) is 0 Å². The molecule has 0 aliphatic carbocycles. The van der Waals surface area contributed by atoms with Gasteiger partial charge in [0.15, 0.2) is 0 Å². The monoisotopic (exact) mass is 347 g/mol. The molecule has 1 unspecified atom stereocenters. The van der Waals surface area contributed by atoms with Crippen LogP contribution in [0.2, 0.25) is 0 Å². The first-order valence-corrected chi connectivity index (χ1v) is 6.64. The number of halogens is 2. The zero-order chi connectivity index (χ0) is 12.1. The van der Waals surface area contributed by atoms with Crippen molar-refractivity contribution in [2.45, 2.75) is 19.4 Å². The van der Waals surface area contributed by atoms with Gasteiger partial charge in [0.05, 0.1) is 8.95 Å². The van der Waals surface area contributed by atoms with E-state index in [2.05, 4.69) is 38.4 Å². The molecular weight excluding hydrogens is 334 g/mol. The van der Waals surface area contributed by atoms with E-state index < -0.39 is 0 Å². The number of ether oxygens (including phenoxy) is 1. The molecule has 0 radical (unpaired) electrons. The number of hydrogen-bond donors (Lipinski definition) is 1. The summed E-state index contributed by atoms with van der Waals surface area (Å²) < 4.78 is 7.57. The smallest absolute Gasteiger partial charge is 0.148 e. The molecular formula is C12H15Br2NO. The van der Waals surface area contributed by atoms with Crippen molar-refractivity contribution in [2.24, 2.45) is 5.73 Å². The van der Waals surface area contributed by atoms with E-state index >= 15 is 0 Å². The number of benzene rings is 1. The van der Waals surface area contributed by atoms with Gasteiger partial charge in [-0.3, -0.25) is 0 Å². The van der Waals surface area contributed by atoms with E-state index in [1.165, 1.54) is 5.56 Å². The molecule has 0 fully saturated rings. The summed E-state index contributed by atoms with van der Waals surface area (Å²) in [5.41, 5.74) is 6.71. The Balaban J connectivity index is 2.97. The Morgan fingerprint density at radius 3 is 2.44 bits per heavy atom. The standard InChI is InChI=1S/C12H15Br2NO/c1-3-8(2)16-12-10(13)6-9(4-5-15)7-11(12)14/h3,6-8H,1,4-5,15H2,2H3. The Kier molecular flexibility index (Phi) is 5.52. The van der Waals surface area contributed by atoms with Crippen molar-refractivity contribution < 1.29 is 4.74 Å². The maximum absolute atomic E-state index is 5.72. The third kappa shape index (κ3) is 3.61. The lowest BCUT2D eigenvalue weighted by Crippen LogP contribution is -2.09. The van der Waals surface area contributed by atoms with Gasteiger partial charge in [-0.25, -0.2) is 0 Å². The van der Waals surface area contributed by atoms with Gasteiger partial charge in [0.25, 0.3) is 0 Å². The molecule has 0 aliphatic rings. The Labute approximate surface area is 113 Å². The van der Waals surface area contributed by atoms with Crippen LogP contribution in [-0.2, 0) is 6.42 Å². The van der Waals surface area contributed by atoms with Crippen molar-refractivity contribution in [2.75, 3.05) is 6.54 Å². The van der Waals surface area contributed by atoms with Gasteiger partial charge in [-0.2, -0.15) is 0 Å². The zero-order valence-electron chi connectivity index (χ0n) is 9.17. The summed E-state index contributed by atoms with van der Waals surface area (Å²) in [5, 5.41) is 0. The topological polar surface area (TPSA) is 35.2 Å². The Hall–Kier alpha value is -0.320. The number of hydrogen-bond acceptors (Lipinski definition) is 2. The van der Waals surface area contributed by atoms with Crippen LogP contribution in [0, 0.1) is 0 Å². The van der Waals surface area contributed by atoms with Gasteiger partial charge in [0.2, 0.25) is 0 Å². The first kappa shape index (κ1) is 13.7. The van der Waals surface area contributed by atoms with E-state index in [4.69, 9.17) is 10.5 Å². The zero-order valence-corrected chi connectivity index (χ0v) is 12.3. The summed E-state index contributed by atoms with van der Waals surface area (Å²) in [4.78, 5) is 0. The summed E-state index contributed by atoms with van der Waals surface area (Å²) in [6, 6.07) is 4.06. The minimum absolute atomic E-state index is 0.0204. The minimum Gasteiger partial charge on any atom is -0.484 e. The van der Waals surface area contributed by atoms with Crippen molar-refractivity contribution in [3.63, 3.8) is 0 Å². The average molecular weight is 349 g/mol. The molecule has 88 valence electrons. The fraction of sp³-hybridized carbons (Fsp3) is 0.333. The molecule has 16 heavy (non-hydrogen) atoms. The molecule has 4 heteroatoms. The van der Waals surface area contributed by atoms with Gasteiger partial charge in [0.1, 0.15) is 11.9 Å². The molecule has 0 spiro atoms. The van der Waals surface area contributed by atoms with E-state index in [1.807, 2.05) is 19.1 Å². The Bertz CT molecular complexity index is 356. The molecule has 0 amide bonds. The summed E-state index contributed by atoms with van der Waals surface area (Å²) in [5.74, 6) is 0.799. The van der Waals surface area contributed by atoms with Crippen molar-refractivity contribution in [1.82, 2.24) is 0 Å². The molecule has 2 nitrogen and oxygen atoms in total. The quantitative estimate of drug-likeness (QED) is 0.824. The van der Waals surface area contributed by atoms with E-state index in [1.54, 1.807) is 6.08 Å². The first-order chi connectivity index (χ1) is 7.58. The number of rotatable bonds is 5. The van der Waals surface area contributed by atoms with Gasteiger partial charge >= 0.3 is 0 Å². The van der Waals surface area contributed by atoms with Crippen molar-refractivity contribution in [3.8, 4) is 5.75 Å². The maximum atomic E-state index is 5.72. The summed E-state index contributed by atoms with van der Waals surface area (Å²) in [6.07, 6.45) is 2.59. The lowest BCUT2D eigenvalue weighted by Gasteiger charge is -2.15. The highest BCUT2D eigenvalue weighted by Crippen LogP contribution is 2.35. The van der Waals surface area contributed by atoms with E-state index in [9.17, 15) is 0 Å². The van der Waals surface area contributed by atoms with Crippen molar-refractivity contribution in [1.29, 1.82) is 0 Å². The first-order valence-electron chi connectivity index (χ1n) is 5.05. The normalized spacial score (nSPS) is 12.2. The van der Waals surface area contributed by atoms with Gasteiger partial charge in [-0.1, -0.05) is 12.7 Å². The molecule has 1 rings (SSSR count). The minimum atomic E-state index is -0.0204. The second kappa shape index (κ2) is 6.42. The van der Waals surface area contributed by atoms with Gasteiger partial charge < -0.3 is 10.5 Å². The van der Waals surface area contributed by atoms with Crippen LogP contribution in [0.1, 0.15) is 12.5 Å². The SMILES string of the molecule is C=CC(C)Oc1c(Br)cc(CCN)cc1Br. The summed E-state index contributed by atoms with van der Waals surface area (Å²) >= 11 is 6.99. The highest BCUT2D eigenvalue weighted by Gasteiger charge is 2.10. The highest BCUT2D eigenvalue weighted by molar-refractivity contribution is 9.11. The van der Waals surface area contributed by atoms with Crippen molar-refractivity contribution in [3.05, 3.63) is 39.3 Å². The lowest BCUT2D eigenvalue weighted by atomic mass is 10.1. The Morgan fingerprint density at radius 2 is 2.00 bits per heavy atom. The molecule has 0 saturated carbocycles. The highest BCUT2D eigenvalue weighted by atomic mass is 79.9. The fourth-order valence-corrected chi connectivity index (χ4v) is 2.74. The molecule has 0 aliphatic heterocycles. The molecule has 2 N–H and O–H groups in total. The average Bonchev–Trinajstić information content (AvgIpc) is 2.23. The van der Waals surface area contributed by atoms with Crippen LogP contribution in [0.5, 0.6) is 5.75 Å². The molecule has 1 aromatic rings. The van der Waals surface area contributed by atoms with Crippen LogP contribution < -0.4 is 10.5 Å². The predicted octanol–water partition coefficient (Wildman–Crippen LogP) is 3.67. The molecule has 0 aromatic heterocycles. The molecule has 0 saturated heterocycles. The van der Waals surface area contributed by atoms with E-state index in [-0.39, 0.29) is 6.10 Å². The third-order valence-corrected chi connectivity index (χ3v) is 3.30. The fourth-order valence-electron chi connectivity index (χ4n) is 1.27. The second-order valence-electron chi connectivity index (χ2n) is 3.49. The van der Waals surface area contributed by atoms with Gasteiger partial charge in [-0.15, -0.1) is 0 Å². The van der Waals surface area contributed by atoms with Crippen molar-refractivity contribution >= 4 is 31.9 Å². The van der Waals surface area contributed by atoms with Crippen LogP contribution in [-0.4, -0.2) is 12.6 Å². The lowest BCUT2D eigenvalue weighted by molar-refractivity contribution is 0.266.